The molecule has 1 amide bonds. The summed E-state index contributed by atoms with van der Waals surface area (Å²) in [6.45, 7) is 2.54. The van der Waals surface area contributed by atoms with Crippen molar-refractivity contribution < 1.29 is 19.4 Å². The van der Waals surface area contributed by atoms with Crippen LogP contribution in [0.25, 0.3) is 0 Å². The summed E-state index contributed by atoms with van der Waals surface area (Å²) < 4.78 is 11.8. The highest BCUT2D eigenvalue weighted by Gasteiger charge is 2.40. The molecule has 0 spiro atoms. The summed E-state index contributed by atoms with van der Waals surface area (Å²) in [4.78, 5) is 12.7. The number of aliphatic hydroxyl groups excluding tert-OH is 1. The number of rotatable bonds is 6. The normalized spacial score (nSPS) is 32.1. The van der Waals surface area contributed by atoms with Crippen LogP contribution < -0.4 is 5.32 Å². The topological polar surface area (TPSA) is 67.8 Å². The first kappa shape index (κ1) is 18.5. The van der Waals surface area contributed by atoms with Gasteiger partial charge >= 0.3 is 0 Å². The smallest absolute Gasteiger partial charge is 0.286 e. The average molecular weight is 371 g/mol. The molecule has 1 heterocycles. The van der Waals surface area contributed by atoms with Crippen LogP contribution in [-0.2, 0) is 27.5 Å². The number of nitrogens with one attached hydrogen (secondary N) is 1. The molecule has 146 valence electrons. The number of allylic oxidation sites excluding steroid dienone is 1. The summed E-state index contributed by atoms with van der Waals surface area (Å²) in [5.74, 6) is 1.99. The quantitative estimate of drug-likeness (QED) is 0.805. The fraction of sp³-hybridized carbons (Fsp3) is 0.591. The number of benzene rings is 1. The molecule has 2 bridgehead atoms. The van der Waals surface area contributed by atoms with Gasteiger partial charge in [0.25, 0.3) is 5.91 Å². The number of hydrogen-bond donors (Lipinski definition) is 2. The lowest BCUT2D eigenvalue weighted by molar-refractivity contribution is -0.153. The fourth-order valence-electron chi connectivity index (χ4n) is 4.68. The van der Waals surface area contributed by atoms with Gasteiger partial charge in [0.2, 0.25) is 6.29 Å². The van der Waals surface area contributed by atoms with Gasteiger partial charge in [0.1, 0.15) is 0 Å². The lowest BCUT2D eigenvalue weighted by atomic mass is 9.95. The maximum Gasteiger partial charge on any atom is 0.286 e. The van der Waals surface area contributed by atoms with E-state index in [1.807, 2.05) is 30.3 Å². The molecule has 5 atom stereocenters. The van der Waals surface area contributed by atoms with E-state index < -0.39 is 6.29 Å². The average Bonchev–Trinajstić information content (AvgIpc) is 3.29. The van der Waals surface area contributed by atoms with Gasteiger partial charge in [0.05, 0.1) is 13.2 Å². The Balaban J connectivity index is 1.30. The predicted octanol–water partition coefficient (Wildman–Crippen LogP) is 3.27. The van der Waals surface area contributed by atoms with Gasteiger partial charge in [-0.2, -0.15) is 0 Å². The molecule has 4 rings (SSSR count). The molecule has 5 heteroatoms. The van der Waals surface area contributed by atoms with Crippen LogP contribution >= 0.6 is 0 Å². The van der Waals surface area contributed by atoms with E-state index in [2.05, 4.69) is 12.2 Å². The molecular weight excluding hydrogens is 342 g/mol. The van der Waals surface area contributed by atoms with Crippen molar-refractivity contribution in [3.63, 3.8) is 0 Å². The highest BCUT2D eigenvalue weighted by Crippen LogP contribution is 2.44. The van der Waals surface area contributed by atoms with E-state index in [-0.39, 0.29) is 18.4 Å². The summed E-state index contributed by atoms with van der Waals surface area (Å²) in [6.07, 6.45) is 7.18. The zero-order valence-corrected chi connectivity index (χ0v) is 15.9. The zero-order chi connectivity index (χ0) is 18.8. The highest BCUT2D eigenvalue weighted by atomic mass is 16.7. The second-order valence-corrected chi connectivity index (χ2v) is 8.33. The number of carbonyl (C=O) groups excluding carboxylic acids is 1. The maximum absolute atomic E-state index is 12.7. The third-order valence-electron chi connectivity index (χ3n) is 6.18. The lowest BCUT2D eigenvalue weighted by Gasteiger charge is -2.29. The summed E-state index contributed by atoms with van der Waals surface area (Å²) in [6, 6.07) is 7.96. The van der Waals surface area contributed by atoms with Gasteiger partial charge in [0, 0.05) is 12.5 Å². The number of carbonyl (C=O) groups is 1. The highest BCUT2D eigenvalue weighted by molar-refractivity contribution is 5.91. The summed E-state index contributed by atoms with van der Waals surface area (Å²) in [7, 11) is 0. The molecule has 2 saturated carbocycles. The number of hydrogen-bond acceptors (Lipinski definition) is 4. The summed E-state index contributed by atoms with van der Waals surface area (Å²) in [5, 5.41) is 12.3. The summed E-state index contributed by atoms with van der Waals surface area (Å²) in [5.41, 5.74) is 1.90. The minimum atomic E-state index is -0.414. The van der Waals surface area contributed by atoms with E-state index in [4.69, 9.17) is 14.6 Å². The Morgan fingerprint density at radius 2 is 1.96 bits per heavy atom. The monoisotopic (exact) mass is 371 g/mol. The minimum absolute atomic E-state index is 0.0379. The first-order valence-electron chi connectivity index (χ1n) is 10.1. The van der Waals surface area contributed by atoms with Gasteiger partial charge in [-0.25, -0.2) is 0 Å². The first-order valence-corrected chi connectivity index (χ1v) is 10.1. The van der Waals surface area contributed by atoms with Crippen molar-refractivity contribution in [2.45, 2.75) is 64.6 Å². The fourth-order valence-corrected chi connectivity index (χ4v) is 4.68. The van der Waals surface area contributed by atoms with Gasteiger partial charge in [-0.15, -0.1) is 0 Å². The van der Waals surface area contributed by atoms with Crippen LogP contribution in [0.15, 0.2) is 36.1 Å². The SMILES string of the molecule is C[C@@H]1C=C(C(=O)NC2CC3CCC2C3)O[C@H](OCc2ccc(CO)cc2)C1. The predicted molar refractivity (Wildman–Crippen MR) is 101 cm³/mol. The van der Waals surface area contributed by atoms with Crippen molar-refractivity contribution >= 4 is 5.91 Å². The molecule has 3 unspecified atom stereocenters. The molecule has 27 heavy (non-hydrogen) atoms. The molecule has 3 aliphatic rings. The molecule has 0 radical (unpaired) electrons. The molecule has 2 fully saturated rings. The van der Waals surface area contributed by atoms with Gasteiger partial charge in [0.15, 0.2) is 5.76 Å². The second kappa shape index (κ2) is 8.03. The van der Waals surface area contributed by atoms with Crippen molar-refractivity contribution in [3.8, 4) is 0 Å². The Bertz CT molecular complexity index is 699. The van der Waals surface area contributed by atoms with Crippen molar-refractivity contribution in [1.82, 2.24) is 5.32 Å². The standard InChI is InChI=1S/C22H29NO4/c1-14-8-20(22(25)23-19-11-17-6-7-18(19)10-17)27-21(9-14)26-13-16-4-2-15(12-24)3-5-16/h2-5,8,14,17-19,21,24H,6-7,9-13H2,1H3,(H,23,25)/t14-,17?,18?,19?,21+/m1/s1. The molecule has 0 aromatic heterocycles. The number of amides is 1. The van der Waals surface area contributed by atoms with Crippen LogP contribution in [0.3, 0.4) is 0 Å². The van der Waals surface area contributed by atoms with Crippen molar-refractivity contribution in [2.75, 3.05) is 0 Å². The van der Waals surface area contributed by atoms with Gasteiger partial charge < -0.3 is 19.9 Å². The van der Waals surface area contributed by atoms with Gasteiger partial charge in [-0.3, -0.25) is 4.79 Å². The lowest BCUT2D eigenvalue weighted by Crippen LogP contribution is -2.41. The van der Waals surface area contributed by atoms with Crippen LogP contribution in [0.4, 0.5) is 0 Å². The Morgan fingerprint density at radius 3 is 2.63 bits per heavy atom. The number of ether oxygens (including phenoxy) is 2. The Hall–Kier alpha value is -1.85. The van der Waals surface area contributed by atoms with Crippen LogP contribution in [0.1, 0.15) is 50.2 Å². The molecule has 1 aromatic carbocycles. The number of aliphatic hydroxyl groups is 1. The third kappa shape index (κ3) is 4.36. The molecule has 2 N–H and O–H groups in total. The molecule has 0 saturated heterocycles. The Labute approximate surface area is 160 Å². The summed E-state index contributed by atoms with van der Waals surface area (Å²) >= 11 is 0. The van der Waals surface area contributed by atoms with Crippen LogP contribution in [-0.4, -0.2) is 23.3 Å². The van der Waals surface area contributed by atoms with Crippen molar-refractivity contribution in [1.29, 1.82) is 0 Å². The van der Waals surface area contributed by atoms with Gasteiger partial charge in [-0.05, 0) is 54.2 Å². The largest absolute Gasteiger partial charge is 0.459 e. The van der Waals surface area contributed by atoms with Crippen LogP contribution in [0.2, 0.25) is 0 Å². The zero-order valence-electron chi connectivity index (χ0n) is 15.9. The van der Waals surface area contributed by atoms with Crippen LogP contribution in [0.5, 0.6) is 0 Å². The third-order valence-corrected chi connectivity index (χ3v) is 6.18. The second-order valence-electron chi connectivity index (χ2n) is 8.33. The van der Waals surface area contributed by atoms with Crippen LogP contribution in [0, 0.1) is 17.8 Å². The van der Waals surface area contributed by atoms with E-state index in [1.165, 1.54) is 19.3 Å². The molecular formula is C22H29NO4. The van der Waals surface area contributed by atoms with E-state index in [1.54, 1.807) is 0 Å². The number of fused-ring (bicyclic) bond motifs is 2. The Morgan fingerprint density at radius 1 is 1.19 bits per heavy atom. The van der Waals surface area contributed by atoms with Gasteiger partial charge in [-0.1, -0.05) is 37.6 Å². The van der Waals surface area contributed by atoms with E-state index in [9.17, 15) is 4.79 Å². The van der Waals surface area contributed by atoms with Crippen molar-refractivity contribution in [3.05, 3.63) is 47.2 Å². The maximum atomic E-state index is 12.7. The molecule has 2 aliphatic carbocycles. The van der Waals surface area contributed by atoms with E-state index >= 15 is 0 Å². The first-order chi connectivity index (χ1) is 13.1. The molecule has 1 aromatic rings. The minimum Gasteiger partial charge on any atom is -0.459 e. The Kier molecular flexibility index (Phi) is 5.50. The van der Waals surface area contributed by atoms with E-state index in [0.717, 1.165) is 29.9 Å². The molecule has 1 aliphatic heterocycles. The van der Waals surface area contributed by atoms with Crippen molar-refractivity contribution in [2.24, 2.45) is 17.8 Å². The molecule has 5 nitrogen and oxygen atoms in total. The van der Waals surface area contributed by atoms with E-state index in [0.29, 0.717) is 24.3 Å².